The van der Waals surface area contributed by atoms with Gasteiger partial charge in [-0.3, -0.25) is 0 Å². The Morgan fingerprint density at radius 3 is 2.37 bits per heavy atom. The number of aliphatic hydroxyl groups is 1. The fourth-order valence-corrected chi connectivity index (χ4v) is 3.68. The van der Waals surface area contributed by atoms with E-state index in [-0.39, 0.29) is 27.0 Å². The maximum atomic E-state index is 12.7. The molecule has 0 unspecified atom stereocenters. The zero-order chi connectivity index (χ0) is 22.1. The average molecular weight is 435 g/mol. The number of aryl methyl sites for hydroxylation is 1. The van der Waals surface area contributed by atoms with Gasteiger partial charge in [0.25, 0.3) is 0 Å². The molecule has 30 heavy (non-hydrogen) atoms. The van der Waals surface area contributed by atoms with Gasteiger partial charge >= 0.3 is 12.1 Å². The molecule has 2 aromatic rings. The lowest BCUT2D eigenvalue weighted by Crippen LogP contribution is -2.10. The number of hydrogen-bond acceptors (Lipinski definition) is 6. The van der Waals surface area contributed by atoms with Crippen LogP contribution in [0.25, 0.3) is 6.08 Å². The number of alkyl halides is 3. The largest absolute Gasteiger partial charge is 0.507 e. The predicted molar refractivity (Wildman–Crippen MR) is 109 cm³/mol. The second-order valence-electron chi connectivity index (χ2n) is 6.35. The monoisotopic (exact) mass is 435 g/mol. The van der Waals surface area contributed by atoms with Crippen LogP contribution in [0.4, 0.5) is 18.9 Å². The number of benzene rings is 2. The Balaban J connectivity index is 2.02. The molecule has 2 N–H and O–H groups in total. The number of phenols is 1. The van der Waals surface area contributed by atoms with E-state index in [1.807, 2.05) is 6.92 Å². The third kappa shape index (κ3) is 4.51. The van der Waals surface area contributed by atoms with Gasteiger partial charge in [-0.1, -0.05) is 23.9 Å². The Bertz CT molecular complexity index is 1090. The number of carbonyl (C=O) groups is 1. The summed E-state index contributed by atoms with van der Waals surface area (Å²) in [6.45, 7) is 1.81. The minimum Gasteiger partial charge on any atom is -0.507 e. The topological polar surface area (TPSA) is 79.1 Å². The highest BCUT2D eigenvalue weighted by Crippen LogP contribution is 2.41. The first kappa shape index (κ1) is 21.5. The summed E-state index contributed by atoms with van der Waals surface area (Å²) in [5.41, 5.74) is 0.384. The Kier molecular flexibility index (Phi) is 5.93. The molecule has 1 heterocycles. The number of aromatic hydroxyl groups is 1. The van der Waals surface area contributed by atoms with Crippen molar-refractivity contribution in [3.63, 3.8) is 0 Å². The molecule has 3 rings (SSSR count). The number of methoxy groups -OCH3 is 1. The van der Waals surface area contributed by atoms with Crippen molar-refractivity contribution < 1.29 is 32.9 Å². The fourth-order valence-electron chi connectivity index (χ4n) is 2.65. The predicted octanol–water partition coefficient (Wildman–Crippen LogP) is 5.52. The van der Waals surface area contributed by atoms with Crippen molar-refractivity contribution >= 4 is 34.5 Å². The molecule has 156 valence electrons. The van der Waals surface area contributed by atoms with Gasteiger partial charge in [0.15, 0.2) is 0 Å². The molecule has 2 aromatic carbocycles. The van der Waals surface area contributed by atoms with Gasteiger partial charge in [0.2, 0.25) is 0 Å². The summed E-state index contributed by atoms with van der Waals surface area (Å²) in [4.78, 5) is 16.6. The van der Waals surface area contributed by atoms with E-state index in [0.29, 0.717) is 5.56 Å². The van der Waals surface area contributed by atoms with E-state index < -0.39 is 23.5 Å². The molecule has 0 fully saturated rings. The highest BCUT2D eigenvalue weighted by molar-refractivity contribution is 8.18. The number of phenolic OH excluding ortho intramolecular Hbond substituents is 1. The number of halogens is 3. The van der Waals surface area contributed by atoms with E-state index in [1.54, 1.807) is 18.2 Å². The van der Waals surface area contributed by atoms with Crippen LogP contribution in [0, 0.1) is 6.92 Å². The normalized spacial score (nSPS) is 17.1. The van der Waals surface area contributed by atoms with Gasteiger partial charge in [-0.15, -0.1) is 0 Å². The molecule has 0 atom stereocenters. The van der Waals surface area contributed by atoms with Gasteiger partial charge in [-0.2, -0.15) is 13.2 Å². The molecule has 1 aliphatic heterocycles. The molecule has 0 bridgehead atoms. The molecule has 0 saturated carbocycles. The van der Waals surface area contributed by atoms with Crippen molar-refractivity contribution in [2.24, 2.45) is 4.99 Å². The highest BCUT2D eigenvalue weighted by atomic mass is 32.2. The van der Waals surface area contributed by atoms with Crippen LogP contribution in [-0.4, -0.2) is 28.3 Å². The fraction of sp³-hybridized carbons (Fsp3) is 0.143. The van der Waals surface area contributed by atoms with E-state index in [2.05, 4.69) is 4.99 Å². The van der Waals surface area contributed by atoms with Crippen molar-refractivity contribution in [2.75, 3.05) is 7.11 Å². The minimum absolute atomic E-state index is 0.0105. The average Bonchev–Trinajstić information content (AvgIpc) is 2.98. The number of thioether (sulfide) groups is 1. The number of aliphatic hydroxyl groups excluding tert-OH is 1. The van der Waals surface area contributed by atoms with Crippen LogP contribution < -0.4 is 0 Å². The van der Waals surface area contributed by atoms with Crippen molar-refractivity contribution in [3.8, 4) is 5.75 Å². The molecule has 0 aromatic heterocycles. The molecular weight excluding hydrogens is 419 g/mol. The van der Waals surface area contributed by atoms with E-state index in [1.165, 1.54) is 6.08 Å². The number of esters is 1. The van der Waals surface area contributed by atoms with Gasteiger partial charge < -0.3 is 14.9 Å². The molecule has 0 aliphatic carbocycles. The smallest absolute Gasteiger partial charge is 0.416 e. The first-order chi connectivity index (χ1) is 14.1. The Hall–Kier alpha value is -3.20. The maximum Gasteiger partial charge on any atom is 0.416 e. The summed E-state index contributed by atoms with van der Waals surface area (Å²) in [7, 11) is 1.14. The molecule has 5 nitrogen and oxygen atoms in total. The first-order valence-electron chi connectivity index (χ1n) is 8.57. The van der Waals surface area contributed by atoms with Crippen molar-refractivity contribution in [1.29, 1.82) is 0 Å². The second kappa shape index (κ2) is 8.27. The van der Waals surface area contributed by atoms with Gasteiger partial charge in [0.05, 0.1) is 23.3 Å². The van der Waals surface area contributed by atoms with E-state index in [0.717, 1.165) is 48.7 Å². The number of carbonyl (C=O) groups excluding carboxylic acids is 1. The summed E-state index contributed by atoms with van der Waals surface area (Å²) >= 11 is 0.936. The lowest BCUT2D eigenvalue weighted by Gasteiger charge is -2.06. The minimum atomic E-state index is -4.48. The third-order valence-electron chi connectivity index (χ3n) is 4.18. The molecule has 1 aliphatic rings. The number of hydrogen-bond donors (Lipinski definition) is 2. The third-order valence-corrected chi connectivity index (χ3v) is 5.20. The number of aliphatic imine (C=N–C) groups is 1. The van der Waals surface area contributed by atoms with Gasteiger partial charge in [0.1, 0.15) is 22.1 Å². The van der Waals surface area contributed by atoms with E-state index >= 15 is 0 Å². The summed E-state index contributed by atoms with van der Waals surface area (Å²) in [5.74, 6) is -1.25. The molecule has 0 spiro atoms. The van der Waals surface area contributed by atoms with Crippen LogP contribution in [0.5, 0.6) is 5.75 Å². The van der Waals surface area contributed by atoms with Crippen LogP contribution in [0.15, 0.2) is 63.7 Å². The van der Waals surface area contributed by atoms with Gasteiger partial charge in [-0.25, -0.2) is 9.79 Å². The van der Waals surface area contributed by atoms with Gasteiger partial charge in [0, 0.05) is 5.56 Å². The number of nitrogens with zero attached hydrogens (tertiary/aromatic N) is 1. The van der Waals surface area contributed by atoms with Crippen molar-refractivity contribution in [3.05, 3.63) is 75.4 Å². The number of ether oxygens (including phenoxy) is 1. The molecule has 0 saturated heterocycles. The first-order valence-corrected chi connectivity index (χ1v) is 9.39. The Morgan fingerprint density at radius 1 is 1.13 bits per heavy atom. The maximum absolute atomic E-state index is 12.7. The van der Waals surface area contributed by atoms with E-state index in [4.69, 9.17) is 4.74 Å². The van der Waals surface area contributed by atoms with Crippen LogP contribution in [0.1, 0.15) is 16.7 Å². The standard InChI is InChI=1S/C21H16F3NO4S/c1-11-3-4-12(15(26)9-11)10-16-18(27)17(20(28)29-2)19(30-16)25-14-7-5-13(6-8-14)21(22,23)24/h3-10,26-27H,1-2H3/b16-10+,25-19?. The Labute approximate surface area is 174 Å². The highest BCUT2D eigenvalue weighted by Gasteiger charge is 2.33. The van der Waals surface area contributed by atoms with Crippen LogP contribution >= 0.6 is 11.8 Å². The van der Waals surface area contributed by atoms with Crippen molar-refractivity contribution in [1.82, 2.24) is 0 Å². The molecule has 0 amide bonds. The van der Waals surface area contributed by atoms with Crippen LogP contribution in [-0.2, 0) is 15.7 Å². The van der Waals surface area contributed by atoms with Crippen molar-refractivity contribution in [2.45, 2.75) is 13.1 Å². The molecule has 9 heteroatoms. The lowest BCUT2D eigenvalue weighted by molar-refractivity contribution is -0.137. The number of rotatable bonds is 3. The lowest BCUT2D eigenvalue weighted by atomic mass is 10.1. The summed E-state index contributed by atoms with van der Waals surface area (Å²) < 4.78 is 42.9. The zero-order valence-corrected chi connectivity index (χ0v) is 16.6. The quantitative estimate of drug-likeness (QED) is 0.621. The van der Waals surface area contributed by atoms with E-state index in [9.17, 15) is 28.2 Å². The second-order valence-corrected chi connectivity index (χ2v) is 7.38. The van der Waals surface area contributed by atoms with Gasteiger partial charge in [-0.05, 0) is 48.9 Å². The zero-order valence-electron chi connectivity index (χ0n) is 15.8. The van der Waals surface area contributed by atoms with Crippen LogP contribution in [0.3, 0.4) is 0 Å². The molecule has 0 radical (unpaired) electrons. The summed E-state index contributed by atoms with van der Waals surface area (Å²) in [6, 6.07) is 9.04. The van der Waals surface area contributed by atoms with Crippen LogP contribution in [0.2, 0.25) is 0 Å². The SMILES string of the molecule is COC(=O)C1=C(O)/C(=C\c2ccc(C)cc2O)SC1=Nc1ccc(C(F)(F)F)cc1. The summed E-state index contributed by atoms with van der Waals surface area (Å²) in [5, 5.41) is 20.7. The molecular formula is C21H16F3NO4S. The Morgan fingerprint density at radius 2 is 1.80 bits per heavy atom. The summed E-state index contributed by atoms with van der Waals surface area (Å²) in [6.07, 6.45) is -3.00.